The molecule has 0 aromatic carbocycles. The topological polar surface area (TPSA) is 103 Å². The Morgan fingerprint density at radius 1 is 1.19 bits per heavy atom. The van der Waals surface area contributed by atoms with E-state index >= 15 is 0 Å². The zero-order chi connectivity index (χ0) is 19.4. The second-order valence-electron chi connectivity index (χ2n) is 5.36. The van der Waals surface area contributed by atoms with E-state index in [1.807, 2.05) is 6.92 Å². The predicted octanol–water partition coefficient (Wildman–Crippen LogP) is 3.60. The van der Waals surface area contributed by atoms with Gasteiger partial charge in [-0.15, -0.1) is 0 Å². The van der Waals surface area contributed by atoms with Gasteiger partial charge < -0.3 is 9.26 Å². The zero-order valence-corrected chi connectivity index (χ0v) is 13.8. The highest BCUT2D eigenvalue weighted by Gasteiger charge is 2.38. The van der Waals surface area contributed by atoms with Gasteiger partial charge in [0.1, 0.15) is 12.4 Å². The number of halogens is 3. The van der Waals surface area contributed by atoms with Crippen molar-refractivity contribution >= 4 is 11.9 Å². The fourth-order valence-electron chi connectivity index (χ4n) is 1.93. The molecule has 3 rings (SSSR count). The summed E-state index contributed by atoms with van der Waals surface area (Å²) in [6, 6.07) is 6.33. The van der Waals surface area contributed by atoms with E-state index in [0.29, 0.717) is 0 Å². The highest BCUT2D eigenvalue weighted by Crippen LogP contribution is 2.29. The number of anilines is 1. The van der Waals surface area contributed by atoms with Crippen LogP contribution in [0, 0.1) is 6.92 Å². The number of aromatic nitrogens is 4. The minimum atomic E-state index is -4.73. The average Bonchev–Trinajstić information content (AvgIpc) is 3.12. The Balaban J connectivity index is 1.57. The molecule has 0 radical (unpaired) electrons. The summed E-state index contributed by atoms with van der Waals surface area (Å²) in [4.78, 5) is 23.0. The van der Waals surface area contributed by atoms with Gasteiger partial charge in [-0.05, 0) is 25.1 Å². The van der Waals surface area contributed by atoms with E-state index in [0.717, 1.165) is 11.3 Å². The van der Waals surface area contributed by atoms with Gasteiger partial charge in [-0.3, -0.25) is 10.3 Å². The molecule has 27 heavy (non-hydrogen) atoms. The van der Waals surface area contributed by atoms with Crippen LogP contribution in [-0.4, -0.2) is 26.2 Å². The molecule has 1 N–H and O–H groups in total. The van der Waals surface area contributed by atoms with Gasteiger partial charge in [-0.25, -0.2) is 9.78 Å². The van der Waals surface area contributed by atoms with Crippen LogP contribution < -0.4 is 5.32 Å². The number of hydrogen-bond acceptors (Lipinski definition) is 7. The van der Waals surface area contributed by atoms with Crippen LogP contribution in [0.25, 0.3) is 11.4 Å². The molecule has 3 heterocycles. The van der Waals surface area contributed by atoms with Crippen LogP contribution in [0.15, 0.2) is 41.2 Å². The molecule has 140 valence electrons. The fraction of sp³-hybridized carbons (Fsp3) is 0.188. The number of carbonyl (C=O) groups excluding carboxylic acids is 1. The van der Waals surface area contributed by atoms with Crippen molar-refractivity contribution in [2.24, 2.45) is 0 Å². The molecular weight excluding hydrogens is 367 g/mol. The van der Waals surface area contributed by atoms with Crippen molar-refractivity contribution in [3.8, 4) is 11.4 Å². The zero-order valence-electron chi connectivity index (χ0n) is 13.8. The molecule has 3 aromatic heterocycles. The lowest BCUT2D eigenvalue weighted by Gasteiger charge is -2.06. The summed E-state index contributed by atoms with van der Waals surface area (Å²) in [5.74, 6) is -1.57. The highest BCUT2D eigenvalue weighted by atomic mass is 19.4. The van der Waals surface area contributed by atoms with Crippen molar-refractivity contribution in [3.63, 3.8) is 0 Å². The number of alkyl halides is 3. The van der Waals surface area contributed by atoms with Gasteiger partial charge in [0.25, 0.3) is 0 Å². The van der Waals surface area contributed by atoms with Crippen LogP contribution in [0.5, 0.6) is 0 Å². The number of aryl methyl sites for hydroxylation is 1. The van der Waals surface area contributed by atoms with E-state index in [2.05, 4.69) is 29.9 Å². The second kappa shape index (κ2) is 7.40. The smallest absolute Gasteiger partial charge is 0.444 e. The van der Waals surface area contributed by atoms with Crippen LogP contribution in [0.4, 0.5) is 23.8 Å². The van der Waals surface area contributed by atoms with E-state index in [9.17, 15) is 18.0 Å². The molecule has 3 aromatic rings. The van der Waals surface area contributed by atoms with Crippen molar-refractivity contribution in [2.45, 2.75) is 19.7 Å². The summed E-state index contributed by atoms with van der Waals surface area (Å²) in [6.45, 7) is 1.87. The molecule has 0 atom stereocenters. The van der Waals surface area contributed by atoms with Crippen molar-refractivity contribution in [3.05, 3.63) is 53.8 Å². The van der Waals surface area contributed by atoms with Crippen molar-refractivity contribution in [1.29, 1.82) is 0 Å². The molecule has 11 heteroatoms. The Bertz CT molecular complexity index is 924. The summed E-state index contributed by atoms with van der Waals surface area (Å²) in [7, 11) is 0. The Hall–Kier alpha value is -3.50. The van der Waals surface area contributed by atoms with E-state index in [1.54, 1.807) is 18.3 Å². The molecular formula is C16H12F3N5O3. The Labute approximate surface area is 150 Å². The summed E-state index contributed by atoms with van der Waals surface area (Å²) in [5.41, 5.74) is 1.76. The predicted molar refractivity (Wildman–Crippen MR) is 85.3 cm³/mol. The lowest BCUT2D eigenvalue weighted by Crippen LogP contribution is -2.14. The fourth-order valence-corrected chi connectivity index (χ4v) is 1.93. The largest absolute Gasteiger partial charge is 0.471 e. The summed E-state index contributed by atoms with van der Waals surface area (Å²) in [5, 5.41) is 5.64. The Morgan fingerprint density at radius 2 is 2.00 bits per heavy atom. The van der Waals surface area contributed by atoms with E-state index in [4.69, 9.17) is 4.74 Å². The molecule has 8 nitrogen and oxygen atoms in total. The number of amides is 1. The third-order valence-corrected chi connectivity index (χ3v) is 3.26. The SMILES string of the molecule is Cc1ccc(COC(=O)Nc2ccc(-c3noc(C(F)(F)F)n3)cn2)cn1. The first kappa shape index (κ1) is 18.3. The van der Waals surface area contributed by atoms with Gasteiger partial charge in [0, 0.05) is 29.2 Å². The van der Waals surface area contributed by atoms with E-state index in [-0.39, 0.29) is 23.8 Å². The third kappa shape index (κ3) is 4.77. The first-order valence-corrected chi connectivity index (χ1v) is 7.54. The van der Waals surface area contributed by atoms with Crippen LogP contribution in [0.1, 0.15) is 17.1 Å². The number of nitrogens with one attached hydrogen (secondary N) is 1. The minimum absolute atomic E-state index is 0.0281. The van der Waals surface area contributed by atoms with Gasteiger partial charge in [0.15, 0.2) is 0 Å². The summed E-state index contributed by atoms with van der Waals surface area (Å²) < 4.78 is 46.6. The number of rotatable bonds is 4. The monoisotopic (exact) mass is 379 g/mol. The molecule has 0 unspecified atom stereocenters. The number of ether oxygens (including phenoxy) is 1. The maximum Gasteiger partial charge on any atom is 0.471 e. The van der Waals surface area contributed by atoms with Gasteiger partial charge in [0.05, 0.1) is 0 Å². The van der Waals surface area contributed by atoms with Crippen molar-refractivity contribution < 1.29 is 27.2 Å². The molecule has 0 spiro atoms. The molecule has 0 bridgehead atoms. The third-order valence-electron chi connectivity index (χ3n) is 3.26. The Morgan fingerprint density at radius 3 is 2.59 bits per heavy atom. The lowest BCUT2D eigenvalue weighted by molar-refractivity contribution is -0.159. The van der Waals surface area contributed by atoms with Crippen LogP contribution in [-0.2, 0) is 17.5 Å². The number of pyridine rings is 2. The maximum atomic E-state index is 12.5. The van der Waals surface area contributed by atoms with Crippen molar-refractivity contribution in [1.82, 2.24) is 20.1 Å². The van der Waals surface area contributed by atoms with Gasteiger partial charge in [-0.2, -0.15) is 18.2 Å². The molecule has 0 saturated heterocycles. The number of nitrogens with zero attached hydrogens (tertiary/aromatic N) is 4. The molecule has 0 aliphatic carbocycles. The molecule has 0 aliphatic heterocycles. The lowest BCUT2D eigenvalue weighted by atomic mass is 10.2. The van der Waals surface area contributed by atoms with Crippen LogP contribution >= 0.6 is 0 Å². The van der Waals surface area contributed by atoms with E-state index in [1.165, 1.54) is 18.3 Å². The van der Waals surface area contributed by atoms with Gasteiger partial charge in [-0.1, -0.05) is 11.2 Å². The quantitative estimate of drug-likeness (QED) is 0.739. The maximum absolute atomic E-state index is 12.5. The normalized spacial score (nSPS) is 11.3. The van der Waals surface area contributed by atoms with Gasteiger partial charge >= 0.3 is 18.2 Å². The molecule has 0 fully saturated rings. The Kier molecular flexibility index (Phi) is 5.01. The average molecular weight is 379 g/mol. The molecule has 0 saturated carbocycles. The summed E-state index contributed by atoms with van der Waals surface area (Å²) in [6.07, 6.45) is -2.67. The minimum Gasteiger partial charge on any atom is -0.444 e. The van der Waals surface area contributed by atoms with E-state index < -0.39 is 18.2 Å². The molecule has 0 aliphatic rings. The number of carbonyl (C=O) groups is 1. The standard InChI is InChI=1S/C16H12F3N5O3/c1-9-2-3-10(6-20-9)8-26-15(25)22-12-5-4-11(7-21-12)13-23-14(27-24-13)16(17,18)19/h2-7H,8H2,1H3,(H,21,22,25). The summed E-state index contributed by atoms with van der Waals surface area (Å²) >= 11 is 0. The van der Waals surface area contributed by atoms with Gasteiger partial charge in [0.2, 0.25) is 5.82 Å². The van der Waals surface area contributed by atoms with Crippen LogP contribution in [0.3, 0.4) is 0 Å². The van der Waals surface area contributed by atoms with Crippen LogP contribution in [0.2, 0.25) is 0 Å². The van der Waals surface area contributed by atoms with Crippen molar-refractivity contribution in [2.75, 3.05) is 5.32 Å². The second-order valence-corrected chi connectivity index (χ2v) is 5.36. The highest BCUT2D eigenvalue weighted by molar-refractivity contribution is 5.83. The first-order valence-electron chi connectivity index (χ1n) is 7.54. The number of hydrogen-bond donors (Lipinski definition) is 1. The molecule has 1 amide bonds. The first-order chi connectivity index (χ1) is 12.8.